The molecule has 6 heteroatoms. The fourth-order valence-corrected chi connectivity index (χ4v) is 3.01. The molecular formula is C15H23N3O2S. The van der Waals surface area contributed by atoms with E-state index in [1.165, 1.54) is 5.69 Å². The molecule has 2 aromatic heterocycles. The number of thioether (sulfide) groups is 1. The summed E-state index contributed by atoms with van der Waals surface area (Å²) in [5, 5.41) is 4.50. The normalized spacial score (nSPS) is 11.3. The predicted molar refractivity (Wildman–Crippen MR) is 86.0 cm³/mol. The van der Waals surface area contributed by atoms with Gasteiger partial charge in [-0.3, -0.25) is 0 Å². The molecule has 0 aliphatic heterocycles. The molecule has 0 fully saturated rings. The van der Waals surface area contributed by atoms with Crippen LogP contribution in [0.3, 0.4) is 0 Å². The van der Waals surface area contributed by atoms with E-state index in [0.717, 1.165) is 42.5 Å². The number of nitrogens with one attached hydrogen (secondary N) is 1. The summed E-state index contributed by atoms with van der Waals surface area (Å²) >= 11 is 1.79. The van der Waals surface area contributed by atoms with Gasteiger partial charge in [-0.05, 0) is 18.6 Å². The number of rotatable bonds is 10. The van der Waals surface area contributed by atoms with Crippen LogP contribution in [0.15, 0.2) is 29.4 Å². The van der Waals surface area contributed by atoms with E-state index in [2.05, 4.69) is 15.9 Å². The van der Waals surface area contributed by atoms with E-state index in [4.69, 9.17) is 14.5 Å². The summed E-state index contributed by atoms with van der Waals surface area (Å²) in [7, 11) is 3.45. The number of pyridine rings is 1. The molecule has 2 heterocycles. The zero-order valence-corrected chi connectivity index (χ0v) is 13.5. The summed E-state index contributed by atoms with van der Waals surface area (Å²) in [6.45, 7) is 3.14. The molecule has 0 radical (unpaired) electrons. The van der Waals surface area contributed by atoms with E-state index < -0.39 is 0 Å². The Morgan fingerprint density at radius 1 is 1.24 bits per heavy atom. The lowest BCUT2D eigenvalue weighted by molar-refractivity contribution is 0.199. The zero-order valence-electron chi connectivity index (χ0n) is 12.7. The third-order valence-electron chi connectivity index (χ3n) is 3.10. The Morgan fingerprint density at radius 2 is 2.10 bits per heavy atom. The fraction of sp³-hybridized carbons (Fsp3) is 0.533. The van der Waals surface area contributed by atoms with Crippen LogP contribution in [0.2, 0.25) is 0 Å². The van der Waals surface area contributed by atoms with Crippen LogP contribution in [0.5, 0.6) is 0 Å². The number of imidazole rings is 1. The highest BCUT2D eigenvalue weighted by Gasteiger charge is 2.11. The van der Waals surface area contributed by atoms with Crippen LogP contribution in [-0.4, -0.2) is 49.1 Å². The van der Waals surface area contributed by atoms with Crippen molar-refractivity contribution in [2.24, 2.45) is 0 Å². The molecule has 5 nitrogen and oxygen atoms in total. The third-order valence-corrected chi connectivity index (χ3v) is 4.19. The fourth-order valence-electron chi connectivity index (χ4n) is 2.05. The number of ether oxygens (including phenoxy) is 2. The van der Waals surface area contributed by atoms with Crippen molar-refractivity contribution in [2.45, 2.75) is 18.0 Å². The second kappa shape index (κ2) is 9.04. The summed E-state index contributed by atoms with van der Waals surface area (Å²) in [6, 6.07) is 6.09. The van der Waals surface area contributed by atoms with Crippen molar-refractivity contribution in [3.05, 3.63) is 30.1 Å². The largest absolute Gasteiger partial charge is 0.385 e. The summed E-state index contributed by atoms with van der Waals surface area (Å²) in [5.74, 6) is 1.02. The number of aromatic nitrogens is 2. The Morgan fingerprint density at radius 3 is 2.90 bits per heavy atom. The van der Waals surface area contributed by atoms with Crippen LogP contribution >= 0.6 is 11.8 Å². The first kappa shape index (κ1) is 16.3. The van der Waals surface area contributed by atoms with Gasteiger partial charge in [0.15, 0.2) is 0 Å². The van der Waals surface area contributed by atoms with Gasteiger partial charge in [-0.1, -0.05) is 6.07 Å². The second-order valence-electron chi connectivity index (χ2n) is 4.66. The molecule has 0 spiro atoms. The van der Waals surface area contributed by atoms with Crippen molar-refractivity contribution in [3.8, 4) is 0 Å². The van der Waals surface area contributed by atoms with Gasteiger partial charge in [0.25, 0.3) is 0 Å². The monoisotopic (exact) mass is 309 g/mol. The SMILES string of the molecule is COCCCSc1nc2ccccn2c1CNCCOC. The molecular weight excluding hydrogens is 286 g/mol. The topological polar surface area (TPSA) is 47.8 Å². The molecule has 2 aromatic rings. The van der Waals surface area contributed by atoms with Crippen molar-refractivity contribution >= 4 is 17.4 Å². The average molecular weight is 309 g/mol. The molecule has 0 aromatic carbocycles. The first-order chi connectivity index (χ1) is 10.4. The smallest absolute Gasteiger partial charge is 0.138 e. The van der Waals surface area contributed by atoms with Crippen molar-refractivity contribution < 1.29 is 9.47 Å². The van der Waals surface area contributed by atoms with E-state index in [1.807, 2.05) is 18.2 Å². The van der Waals surface area contributed by atoms with Crippen molar-refractivity contribution in [1.82, 2.24) is 14.7 Å². The summed E-state index contributed by atoms with van der Waals surface area (Å²) < 4.78 is 12.3. The van der Waals surface area contributed by atoms with Crippen LogP contribution in [-0.2, 0) is 16.0 Å². The number of hydrogen-bond donors (Lipinski definition) is 1. The summed E-state index contributed by atoms with van der Waals surface area (Å²) in [4.78, 5) is 4.72. The average Bonchev–Trinajstić information content (AvgIpc) is 2.86. The standard InChI is InChI=1S/C15H23N3O2S/c1-19-9-5-11-21-15-13(12-16-7-10-20-2)18-8-4-3-6-14(18)17-15/h3-4,6,8,16H,5,7,9-12H2,1-2H3. The molecule has 0 atom stereocenters. The van der Waals surface area contributed by atoms with E-state index in [9.17, 15) is 0 Å². The van der Waals surface area contributed by atoms with Crippen LogP contribution in [0.1, 0.15) is 12.1 Å². The third kappa shape index (κ3) is 4.71. The Kier molecular flexibility index (Phi) is 7.02. The predicted octanol–water partition coefficient (Wildman–Crippen LogP) is 2.20. The highest BCUT2D eigenvalue weighted by molar-refractivity contribution is 7.99. The van der Waals surface area contributed by atoms with Crippen molar-refractivity contribution in [2.75, 3.05) is 39.7 Å². The Labute approximate surface area is 130 Å². The Hall–Kier alpha value is -1.08. The molecule has 2 rings (SSSR count). The molecule has 0 bridgehead atoms. The number of methoxy groups -OCH3 is 2. The van der Waals surface area contributed by atoms with Gasteiger partial charge in [0, 0.05) is 45.9 Å². The quantitative estimate of drug-likeness (QED) is 0.538. The highest BCUT2D eigenvalue weighted by Crippen LogP contribution is 2.24. The van der Waals surface area contributed by atoms with E-state index in [0.29, 0.717) is 6.61 Å². The van der Waals surface area contributed by atoms with Gasteiger partial charge < -0.3 is 19.2 Å². The first-order valence-corrected chi connectivity index (χ1v) is 8.12. The van der Waals surface area contributed by atoms with Crippen molar-refractivity contribution in [1.29, 1.82) is 0 Å². The summed E-state index contributed by atoms with van der Waals surface area (Å²) in [5.41, 5.74) is 2.21. The first-order valence-electron chi connectivity index (χ1n) is 7.14. The minimum absolute atomic E-state index is 0.715. The molecule has 1 N–H and O–H groups in total. The number of nitrogens with zero attached hydrogens (tertiary/aromatic N) is 2. The lowest BCUT2D eigenvalue weighted by Gasteiger charge is -2.07. The molecule has 0 aliphatic carbocycles. The maximum atomic E-state index is 5.10. The molecule has 21 heavy (non-hydrogen) atoms. The van der Waals surface area contributed by atoms with Crippen molar-refractivity contribution in [3.63, 3.8) is 0 Å². The van der Waals surface area contributed by atoms with Crippen LogP contribution in [0.4, 0.5) is 0 Å². The van der Waals surface area contributed by atoms with E-state index in [-0.39, 0.29) is 0 Å². The van der Waals surface area contributed by atoms with Gasteiger partial charge in [0.1, 0.15) is 10.7 Å². The Bertz CT molecular complexity index is 545. The van der Waals surface area contributed by atoms with Gasteiger partial charge in [-0.25, -0.2) is 4.98 Å². The van der Waals surface area contributed by atoms with E-state index in [1.54, 1.807) is 26.0 Å². The van der Waals surface area contributed by atoms with Gasteiger partial charge in [0.2, 0.25) is 0 Å². The Balaban J connectivity index is 2.06. The number of fused-ring (bicyclic) bond motifs is 1. The molecule has 0 unspecified atom stereocenters. The van der Waals surface area contributed by atoms with Crippen LogP contribution in [0, 0.1) is 0 Å². The zero-order chi connectivity index (χ0) is 14.9. The second-order valence-corrected chi connectivity index (χ2v) is 5.74. The highest BCUT2D eigenvalue weighted by atomic mass is 32.2. The lowest BCUT2D eigenvalue weighted by atomic mass is 10.4. The lowest BCUT2D eigenvalue weighted by Crippen LogP contribution is -2.19. The maximum absolute atomic E-state index is 5.10. The molecule has 116 valence electrons. The minimum atomic E-state index is 0.715. The maximum Gasteiger partial charge on any atom is 0.138 e. The van der Waals surface area contributed by atoms with Gasteiger partial charge in [-0.2, -0.15) is 0 Å². The molecule has 0 saturated carbocycles. The van der Waals surface area contributed by atoms with Gasteiger partial charge in [-0.15, -0.1) is 11.8 Å². The van der Waals surface area contributed by atoms with Crippen LogP contribution in [0.25, 0.3) is 5.65 Å². The van der Waals surface area contributed by atoms with Gasteiger partial charge >= 0.3 is 0 Å². The minimum Gasteiger partial charge on any atom is -0.385 e. The van der Waals surface area contributed by atoms with E-state index >= 15 is 0 Å². The molecule has 0 amide bonds. The summed E-state index contributed by atoms with van der Waals surface area (Å²) in [6.07, 6.45) is 3.10. The van der Waals surface area contributed by atoms with Gasteiger partial charge in [0.05, 0.1) is 12.3 Å². The molecule has 0 saturated heterocycles. The molecule has 0 aliphatic rings. The van der Waals surface area contributed by atoms with Crippen LogP contribution < -0.4 is 5.32 Å². The number of hydrogen-bond acceptors (Lipinski definition) is 5.